The summed E-state index contributed by atoms with van der Waals surface area (Å²) in [5.41, 5.74) is 0.476. The highest BCUT2D eigenvalue weighted by Crippen LogP contribution is 2.19. The van der Waals surface area contributed by atoms with Gasteiger partial charge in [-0.2, -0.15) is 4.31 Å². The van der Waals surface area contributed by atoms with Crippen molar-refractivity contribution in [2.75, 3.05) is 25.5 Å². The van der Waals surface area contributed by atoms with Crippen LogP contribution in [0.3, 0.4) is 0 Å². The fourth-order valence-electron chi connectivity index (χ4n) is 2.04. The molecule has 0 radical (unpaired) electrons. The maximum Gasteiger partial charge on any atom is 0.311 e. The third kappa shape index (κ3) is 6.09. The summed E-state index contributed by atoms with van der Waals surface area (Å²) in [6.45, 7) is 1.63. The van der Waals surface area contributed by atoms with Crippen LogP contribution in [0.15, 0.2) is 39.0 Å². The van der Waals surface area contributed by atoms with E-state index in [0.717, 1.165) is 20.1 Å². The van der Waals surface area contributed by atoms with Crippen LogP contribution in [0.25, 0.3) is 0 Å². The molecule has 1 N–H and O–H groups in total. The Morgan fingerprint density at radius 3 is 2.59 bits per heavy atom. The van der Waals surface area contributed by atoms with E-state index in [1.807, 2.05) is 0 Å². The van der Waals surface area contributed by atoms with Crippen molar-refractivity contribution in [1.82, 2.24) is 9.29 Å². The minimum atomic E-state index is -3.79. The molecule has 0 aliphatic carbocycles. The number of carbonyl (C=O) groups excluding carboxylic acids is 2. The first-order chi connectivity index (χ1) is 12.7. The molecule has 0 fully saturated rings. The molecular weight excluding hydrogens is 458 g/mol. The van der Waals surface area contributed by atoms with Gasteiger partial charge in [0.2, 0.25) is 15.9 Å². The molecule has 0 saturated carbocycles. The van der Waals surface area contributed by atoms with E-state index < -0.39 is 21.9 Å². The number of hydrogen-bond donors (Lipinski definition) is 1. The number of rotatable bonds is 8. The zero-order chi connectivity index (χ0) is 20.0. The SMILES string of the molecule is CCOC(=O)Cc1csc(NC(=O)CN(C)S(=O)(=O)c2ccc(Br)cc2)n1. The van der Waals surface area contributed by atoms with Gasteiger partial charge in [0.05, 0.1) is 30.2 Å². The number of thiazole rings is 1. The van der Waals surface area contributed by atoms with Crippen molar-refractivity contribution in [3.8, 4) is 0 Å². The van der Waals surface area contributed by atoms with E-state index in [9.17, 15) is 18.0 Å². The molecule has 27 heavy (non-hydrogen) atoms. The Bertz CT molecular complexity index is 912. The summed E-state index contributed by atoms with van der Waals surface area (Å²) in [6, 6.07) is 6.13. The third-order valence-corrected chi connectivity index (χ3v) is 6.47. The number of halogens is 1. The number of anilines is 1. The third-order valence-electron chi connectivity index (χ3n) is 3.32. The summed E-state index contributed by atoms with van der Waals surface area (Å²) in [4.78, 5) is 27.8. The molecule has 146 valence electrons. The molecule has 2 rings (SSSR count). The second-order valence-corrected chi connectivity index (χ2v) is 9.21. The highest BCUT2D eigenvalue weighted by atomic mass is 79.9. The Morgan fingerprint density at radius 2 is 1.96 bits per heavy atom. The molecule has 1 aromatic heterocycles. The lowest BCUT2D eigenvalue weighted by molar-refractivity contribution is -0.142. The predicted molar refractivity (Wildman–Crippen MR) is 105 cm³/mol. The Balaban J connectivity index is 1.96. The van der Waals surface area contributed by atoms with Crippen LogP contribution >= 0.6 is 27.3 Å². The Hall–Kier alpha value is -1.82. The molecule has 0 aliphatic rings. The number of hydrogen-bond acceptors (Lipinski definition) is 7. The molecular formula is C16H18BrN3O5S2. The van der Waals surface area contributed by atoms with Gasteiger partial charge in [0.25, 0.3) is 0 Å². The first kappa shape index (κ1) is 21.5. The van der Waals surface area contributed by atoms with Crippen molar-refractivity contribution >= 4 is 54.3 Å². The molecule has 0 saturated heterocycles. The summed E-state index contributed by atoms with van der Waals surface area (Å²) in [6.07, 6.45) is 0.0120. The monoisotopic (exact) mass is 475 g/mol. The lowest BCUT2D eigenvalue weighted by Crippen LogP contribution is -2.34. The van der Waals surface area contributed by atoms with Crippen molar-refractivity contribution in [2.24, 2.45) is 0 Å². The minimum Gasteiger partial charge on any atom is -0.466 e. The van der Waals surface area contributed by atoms with E-state index in [1.54, 1.807) is 24.4 Å². The zero-order valence-electron chi connectivity index (χ0n) is 14.6. The average Bonchev–Trinajstić information content (AvgIpc) is 3.01. The highest BCUT2D eigenvalue weighted by Gasteiger charge is 2.23. The summed E-state index contributed by atoms with van der Waals surface area (Å²) in [5, 5.41) is 4.45. The van der Waals surface area contributed by atoms with Crippen molar-refractivity contribution in [3.05, 3.63) is 39.8 Å². The van der Waals surface area contributed by atoms with Crippen LogP contribution in [-0.2, 0) is 30.8 Å². The second-order valence-electron chi connectivity index (χ2n) is 5.39. The van der Waals surface area contributed by atoms with Gasteiger partial charge in [0.15, 0.2) is 5.13 Å². The van der Waals surface area contributed by atoms with Gasteiger partial charge in [-0.3, -0.25) is 9.59 Å². The van der Waals surface area contributed by atoms with Gasteiger partial charge in [0, 0.05) is 16.9 Å². The number of carbonyl (C=O) groups is 2. The van der Waals surface area contributed by atoms with Crippen LogP contribution in [0.5, 0.6) is 0 Å². The molecule has 1 amide bonds. The molecule has 0 unspecified atom stereocenters. The molecule has 2 aromatic rings. The number of likely N-dealkylation sites (N-methyl/N-ethyl adjacent to an activating group) is 1. The molecule has 0 bridgehead atoms. The topological polar surface area (TPSA) is 106 Å². The molecule has 11 heteroatoms. The average molecular weight is 476 g/mol. The fourth-order valence-corrected chi connectivity index (χ4v) is 4.16. The summed E-state index contributed by atoms with van der Waals surface area (Å²) in [7, 11) is -2.46. The number of nitrogens with zero attached hydrogens (tertiary/aromatic N) is 2. The summed E-state index contributed by atoms with van der Waals surface area (Å²) in [5.74, 6) is -0.934. The minimum absolute atomic E-state index is 0.0120. The van der Waals surface area contributed by atoms with Crippen LogP contribution in [-0.4, -0.2) is 49.8 Å². The number of benzene rings is 1. The molecule has 8 nitrogen and oxygen atoms in total. The first-order valence-electron chi connectivity index (χ1n) is 7.84. The van der Waals surface area contributed by atoms with Crippen LogP contribution in [0.1, 0.15) is 12.6 Å². The molecule has 0 atom stereocenters. The van der Waals surface area contributed by atoms with E-state index >= 15 is 0 Å². The van der Waals surface area contributed by atoms with Gasteiger partial charge < -0.3 is 10.1 Å². The molecule has 0 spiro atoms. The Morgan fingerprint density at radius 1 is 1.30 bits per heavy atom. The van der Waals surface area contributed by atoms with E-state index in [4.69, 9.17) is 4.74 Å². The van der Waals surface area contributed by atoms with Gasteiger partial charge in [-0.1, -0.05) is 15.9 Å². The highest BCUT2D eigenvalue weighted by molar-refractivity contribution is 9.10. The van der Waals surface area contributed by atoms with Crippen molar-refractivity contribution in [3.63, 3.8) is 0 Å². The Kier molecular flexibility index (Phi) is 7.48. The summed E-state index contributed by atoms with van der Waals surface area (Å²) < 4.78 is 31.5. The lowest BCUT2D eigenvalue weighted by atomic mass is 10.3. The van der Waals surface area contributed by atoms with E-state index in [0.29, 0.717) is 5.69 Å². The van der Waals surface area contributed by atoms with Crippen molar-refractivity contribution in [1.29, 1.82) is 0 Å². The quantitative estimate of drug-likeness (QED) is 0.586. The molecule has 0 aliphatic heterocycles. The fraction of sp³-hybridized carbons (Fsp3) is 0.312. The standard InChI is InChI=1S/C16H18BrN3O5S2/c1-3-25-15(22)8-12-10-26-16(18-12)19-14(21)9-20(2)27(23,24)13-6-4-11(17)5-7-13/h4-7,10H,3,8-9H2,1-2H3,(H,18,19,21). The van der Waals surface area contributed by atoms with E-state index in [2.05, 4.69) is 26.2 Å². The number of aromatic nitrogens is 1. The number of amides is 1. The van der Waals surface area contributed by atoms with E-state index in [1.165, 1.54) is 19.2 Å². The van der Waals surface area contributed by atoms with Crippen LogP contribution in [0, 0.1) is 0 Å². The molecule has 1 heterocycles. The lowest BCUT2D eigenvalue weighted by Gasteiger charge is -2.16. The van der Waals surface area contributed by atoms with Gasteiger partial charge in [0.1, 0.15) is 0 Å². The van der Waals surface area contributed by atoms with Crippen LogP contribution in [0.2, 0.25) is 0 Å². The van der Waals surface area contributed by atoms with E-state index in [-0.39, 0.29) is 29.6 Å². The van der Waals surface area contributed by atoms with Crippen LogP contribution < -0.4 is 5.32 Å². The number of nitrogens with one attached hydrogen (secondary N) is 1. The number of ether oxygens (including phenoxy) is 1. The largest absolute Gasteiger partial charge is 0.466 e. The van der Waals surface area contributed by atoms with Crippen molar-refractivity contribution in [2.45, 2.75) is 18.2 Å². The maximum atomic E-state index is 12.5. The smallest absolute Gasteiger partial charge is 0.311 e. The summed E-state index contributed by atoms with van der Waals surface area (Å²) >= 11 is 4.39. The normalized spacial score (nSPS) is 11.4. The number of sulfonamides is 1. The van der Waals surface area contributed by atoms with Gasteiger partial charge in [-0.15, -0.1) is 11.3 Å². The zero-order valence-corrected chi connectivity index (χ0v) is 17.9. The second kappa shape index (κ2) is 9.40. The number of esters is 1. The van der Waals surface area contributed by atoms with Gasteiger partial charge >= 0.3 is 5.97 Å². The molecule has 1 aromatic carbocycles. The predicted octanol–water partition coefficient (Wildman–Crippen LogP) is 2.27. The first-order valence-corrected chi connectivity index (χ1v) is 11.0. The van der Waals surface area contributed by atoms with Gasteiger partial charge in [-0.05, 0) is 31.2 Å². The van der Waals surface area contributed by atoms with Crippen molar-refractivity contribution < 1.29 is 22.7 Å². The van der Waals surface area contributed by atoms with Crippen LogP contribution in [0.4, 0.5) is 5.13 Å². The Labute approximate surface area is 169 Å². The van der Waals surface area contributed by atoms with Gasteiger partial charge in [-0.25, -0.2) is 13.4 Å². The maximum absolute atomic E-state index is 12.5.